The molecule has 0 amide bonds. The highest BCUT2D eigenvalue weighted by molar-refractivity contribution is 9.10. The van der Waals surface area contributed by atoms with E-state index in [-0.39, 0.29) is 35.3 Å². The van der Waals surface area contributed by atoms with Crippen LogP contribution in [0.25, 0.3) is 115 Å². The average molecular weight is 1530 g/mol. The Kier molecular flexibility index (Phi) is 18.4. The third-order valence-corrected chi connectivity index (χ3v) is 21.8. The molecule has 0 saturated carbocycles. The topological polar surface area (TPSA) is 325 Å². The molecule has 31 heteroatoms. The molecule has 13 heterocycles. The highest BCUT2D eigenvalue weighted by atomic mass is 79.9. The van der Waals surface area contributed by atoms with Gasteiger partial charge in [0.2, 0.25) is 0 Å². The molecule has 0 bridgehead atoms. The van der Waals surface area contributed by atoms with Gasteiger partial charge in [-0.05, 0) is 137 Å². The summed E-state index contributed by atoms with van der Waals surface area (Å²) in [5, 5.41) is 25.1. The molecule has 0 fully saturated rings. The number of nitrogens with zero attached hydrogens (tertiary/aromatic N) is 12. The van der Waals surface area contributed by atoms with Crippen molar-refractivity contribution in [2.75, 3.05) is 23.8 Å². The SMILES string of the molecule is C=CCc1cnc2sc3c(=O)n(-c4ccc(Cl)cc4)cnc3c2c1N.Nc1c(Br)cnc2sc3c(=O)n(-c4ccc(Cl)cc4)cnc3c12.Nc1c(CC(O)CO)cnc2sc3c(=O)n(-c4ccc(Cl)cc4)cnc3c12.O=c1c2sc3ncc4cc[nH]c4c3c2ncn1-c1ccc(Cl)cc1. The second kappa shape index (κ2) is 27.4. The number of H-pyrrole nitrogens is 1. The van der Waals surface area contributed by atoms with E-state index in [4.69, 9.17) is 68.7 Å². The molecule has 1 atom stereocenters. The molecule has 1 unspecified atom stereocenters. The van der Waals surface area contributed by atoms with Gasteiger partial charge in [-0.3, -0.25) is 37.4 Å². The van der Waals surface area contributed by atoms with Crippen LogP contribution in [0.2, 0.25) is 20.1 Å². The molecule has 13 aromatic heterocycles. The van der Waals surface area contributed by atoms with Crippen LogP contribution >= 0.6 is 108 Å². The summed E-state index contributed by atoms with van der Waals surface area (Å²) in [4.78, 5) is 93.1. The zero-order chi connectivity index (χ0) is 69.1. The number of aromatic nitrogens is 13. The summed E-state index contributed by atoms with van der Waals surface area (Å²) in [7, 11) is 0. The minimum absolute atomic E-state index is 0.106. The summed E-state index contributed by atoms with van der Waals surface area (Å²) in [5.41, 5.74) is 27.1. The number of hydrogen-bond donors (Lipinski definition) is 6. The summed E-state index contributed by atoms with van der Waals surface area (Å²) in [5.74, 6) is 0. The molecule has 17 rings (SSSR count). The molecule has 0 aliphatic carbocycles. The Morgan fingerprint density at radius 1 is 0.475 bits per heavy atom. The van der Waals surface area contributed by atoms with Crippen molar-refractivity contribution in [3.05, 3.63) is 249 Å². The van der Waals surface area contributed by atoms with Gasteiger partial charge in [0.25, 0.3) is 22.2 Å². The van der Waals surface area contributed by atoms with Crippen molar-refractivity contribution in [1.29, 1.82) is 0 Å². The van der Waals surface area contributed by atoms with E-state index >= 15 is 0 Å². The number of thiophene rings is 4. The third-order valence-electron chi connectivity index (χ3n) is 15.8. The van der Waals surface area contributed by atoms with Crippen LogP contribution in [-0.4, -0.2) is 86.0 Å². The van der Waals surface area contributed by atoms with Gasteiger partial charge < -0.3 is 32.4 Å². The monoisotopic (exact) mass is 1530 g/mol. The van der Waals surface area contributed by atoms with Crippen LogP contribution in [0.5, 0.6) is 0 Å². The maximum Gasteiger partial charge on any atom is 0.275 e. The van der Waals surface area contributed by atoms with Gasteiger partial charge in [-0.2, -0.15) is 0 Å². The van der Waals surface area contributed by atoms with E-state index in [0.717, 1.165) is 37.8 Å². The first-order valence-corrected chi connectivity index (χ1v) is 35.0. The molecule has 22 nitrogen and oxygen atoms in total. The number of hydrogen-bond acceptors (Lipinski definition) is 21. The first-order chi connectivity index (χ1) is 47.9. The van der Waals surface area contributed by atoms with E-state index in [1.807, 2.05) is 12.3 Å². The summed E-state index contributed by atoms with van der Waals surface area (Å²) in [6, 6.07) is 30.0. The molecule has 0 radical (unpaired) electrons. The van der Waals surface area contributed by atoms with Gasteiger partial charge >= 0.3 is 0 Å². The molecule has 492 valence electrons. The van der Waals surface area contributed by atoms with Gasteiger partial charge in [0, 0.05) is 74.3 Å². The van der Waals surface area contributed by atoms with Crippen LogP contribution in [0.1, 0.15) is 11.1 Å². The zero-order valence-electron chi connectivity index (χ0n) is 50.6. The minimum atomic E-state index is -0.924. The fourth-order valence-corrected chi connectivity index (χ4v) is 15.9. The molecule has 4 aromatic carbocycles. The standard InChI is InChI=1S/C18H15ClN4O3S.C18H13ClN4OS.C17H9ClN4OS.C15H8BrClN4OS/c19-10-1-3-11(4-2-10)23-8-22-15-13-14(20)9(5-12(25)7-24)6-21-17(13)27-16(15)18(23)26;1-2-3-10-8-21-17-13(14(10)20)15-16(25-17)18(24)23(9-22-15)12-6-4-11(19)5-7-12;18-10-1-3-11(4-2-10)22-8-21-14-12-13-9(5-6-19-13)7-20-16(12)24-15(14)17(22)23;16-9-5-19-14-10(11(9)18)12-13(23-14)15(22)21(6-20-12)8-3-1-7(17)2-4-8/h1-4,6,8,12,24-25H,5,7H2,(H2,20,21);2,4-9H,1,3H2,(H2,20,21);1-8,19H;1-6H,(H2,18,19). The Hall–Kier alpha value is -9.88. The van der Waals surface area contributed by atoms with E-state index in [9.17, 15) is 24.3 Å². The van der Waals surface area contributed by atoms with Crippen molar-refractivity contribution < 1.29 is 10.2 Å². The van der Waals surface area contributed by atoms with Crippen LogP contribution in [0.15, 0.2) is 196 Å². The smallest absolute Gasteiger partial charge is 0.275 e. The zero-order valence-corrected chi connectivity index (χ0v) is 58.5. The fraction of sp³-hybridized carbons (Fsp3) is 0.0588. The molecular formula is C68H45BrCl4N16O6S4. The molecule has 0 aliphatic heterocycles. The van der Waals surface area contributed by atoms with E-state index in [2.05, 4.69) is 67.4 Å². The van der Waals surface area contributed by atoms with Gasteiger partial charge in [0.1, 0.15) is 74.5 Å². The minimum Gasteiger partial charge on any atom is -0.398 e. The molecule has 9 N–H and O–H groups in total. The lowest BCUT2D eigenvalue weighted by Gasteiger charge is -2.10. The first-order valence-electron chi connectivity index (χ1n) is 29.5. The number of anilines is 3. The lowest BCUT2D eigenvalue weighted by molar-refractivity contribution is 0.0956. The number of nitrogens with one attached hydrogen (secondary N) is 1. The molecule has 99 heavy (non-hydrogen) atoms. The van der Waals surface area contributed by atoms with Crippen molar-refractivity contribution in [2.45, 2.75) is 18.9 Å². The second-order valence-electron chi connectivity index (χ2n) is 21.9. The lowest BCUT2D eigenvalue weighted by Crippen LogP contribution is -2.17. The van der Waals surface area contributed by atoms with E-state index in [0.29, 0.717) is 137 Å². The highest BCUT2D eigenvalue weighted by Crippen LogP contribution is 2.39. The van der Waals surface area contributed by atoms with Gasteiger partial charge in [-0.15, -0.1) is 51.9 Å². The summed E-state index contributed by atoms with van der Waals surface area (Å²) in [6.45, 7) is 3.36. The quantitative estimate of drug-likeness (QED) is 0.0731. The maximum atomic E-state index is 13.0. The van der Waals surface area contributed by atoms with Crippen LogP contribution < -0.4 is 39.4 Å². The normalized spacial score (nSPS) is 11.8. The van der Waals surface area contributed by atoms with Gasteiger partial charge in [0.15, 0.2) is 0 Å². The molecular weight excluding hydrogens is 1490 g/mol. The van der Waals surface area contributed by atoms with Crippen LogP contribution in [0.4, 0.5) is 17.1 Å². The summed E-state index contributed by atoms with van der Waals surface area (Å²) < 4.78 is 8.73. The Morgan fingerprint density at radius 3 is 1.19 bits per heavy atom. The third kappa shape index (κ3) is 12.4. The van der Waals surface area contributed by atoms with Crippen LogP contribution in [0, 0.1) is 0 Å². The number of nitrogens with two attached hydrogens (primary N) is 3. The number of fused-ring (bicyclic) bond motifs is 14. The number of rotatable bonds is 9. The van der Waals surface area contributed by atoms with Crippen molar-refractivity contribution in [3.8, 4) is 22.7 Å². The van der Waals surface area contributed by atoms with Crippen LogP contribution in [-0.2, 0) is 12.8 Å². The van der Waals surface area contributed by atoms with Gasteiger partial charge in [-0.25, -0.2) is 39.9 Å². The number of aliphatic hydroxyl groups is 2. The maximum absolute atomic E-state index is 13.0. The number of aromatic amines is 1. The highest BCUT2D eigenvalue weighted by Gasteiger charge is 2.22. The molecule has 0 aliphatic rings. The Morgan fingerprint density at radius 2 is 0.808 bits per heavy atom. The number of allylic oxidation sites excluding steroid dienone is 1. The van der Waals surface area contributed by atoms with E-state index < -0.39 is 6.10 Å². The first kappa shape index (κ1) is 66.4. The van der Waals surface area contributed by atoms with Gasteiger partial charge in [0.05, 0.1) is 83.7 Å². The van der Waals surface area contributed by atoms with Crippen molar-refractivity contribution >= 4 is 217 Å². The van der Waals surface area contributed by atoms with E-state index in [1.165, 1.54) is 82.6 Å². The number of pyridine rings is 4. The van der Waals surface area contributed by atoms with E-state index in [1.54, 1.807) is 134 Å². The summed E-state index contributed by atoms with van der Waals surface area (Å²) in [6.07, 6.45) is 16.3. The number of nitrogen functional groups attached to an aromatic ring is 3. The Bertz CT molecular complexity index is 6320. The molecule has 17 aromatic rings. The Balaban J connectivity index is 0.000000113. The van der Waals surface area contributed by atoms with Crippen molar-refractivity contribution in [3.63, 3.8) is 0 Å². The fourth-order valence-electron chi connectivity index (χ4n) is 11.0. The van der Waals surface area contributed by atoms with Crippen molar-refractivity contribution in [1.82, 2.24) is 63.1 Å². The second-order valence-corrected chi connectivity index (χ2v) is 28.5. The average Bonchev–Trinajstić information content (AvgIpc) is 1.62. The number of halogens is 5. The predicted molar refractivity (Wildman–Crippen MR) is 406 cm³/mol. The predicted octanol–water partition coefficient (Wildman–Crippen LogP) is 14.2. The largest absolute Gasteiger partial charge is 0.398 e. The van der Waals surface area contributed by atoms with Crippen molar-refractivity contribution in [2.24, 2.45) is 0 Å². The van der Waals surface area contributed by atoms with Crippen LogP contribution in [0.3, 0.4) is 0 Å². The molecule has 0 saturated heterocycles. The molecule has 0 spiro atoms. The summed E-state index contributed by atoms with van der Waals surface area (Å²) >= 11 is 32.2. The number of aliphatic hydroxyl groups excluding tert-OH is 2. The number of benzene rings is 4. The lowest BCUT2D eigenvalue weighted by atomic mass is 10.1. The Labute approximate surface area is 600 Å². The van der Waals surface area contributed by atoms with Gasteiger partial charge in [-0.1, -0.05) is 52.5 Å².